The molecule has 0 bridgehead atoms. The van der Waals surface area contributed by atoms with Gasteiger partial charge in [0.2, 0.25) is 0 Å². The standard InChI is InChI=1S/C4H2N6O7/c11-9(12)3-4(10(13)14,8-17-7-3)15-2-1-5-16-6-2/h1,8H. The van der Waals surface area contributed by atoms with Crippen molar-refractivity contribution in [2.75, 3.05) is 0 Å². The van der Waals surface area contributed by atoms with Gasteiger partial charge < -0.3 is 14.9 Å². The van der Waals surface area contributed by atoms with Crippen molar-refractivity contribution in [3.8, 4) is 5.88 Å². The molecule has 2 heterocycles. The summed E-state index contributed by atoms with van der Waals surface area (Å²) in [5.41, 5.74) is 1.66. The van der Waals surface area contributed by atoms with Gasteiger partial charge in [-0.15, -0.1) is 0 Å². The summed E-state index contributed by atoms with van der Waals surface area (Å²) in [6.07, 6.45) is 0.878. The number of aromatic nitrogens is 2. The van der Waals surface area contributed by atoms with Gasteiger partial charge in [-0.25, -0.2) is 4.63 Å². The SMILES string of the molecule is O=[N+]([O-])C1=NONC1(Oc1cnon1)[N+](=O)[O-]. The molecule has 17 heavy (non-hydrogen) atoms. The van der Waals surface area contributed by atoms with E-state index in [2.05, 4.69) is 29.8 Å². The summed E-state index contributed by atoms with van der Waals surface area (Å²) >= 11 is 0. The molecule has 1 aliphatic rings. The first-order valence-corrected chi connectivity index (χ1v) is 3.83. The van der Waals surface area contributed by atoms with Gasteiger partial charge >= 0.3 is 11.7 Å². The van der Waals surface area contributed by atoms with Crippen LogP contribution in [-0.4, -0.2) is 31.8 Å². The Morgan fingerprint density at radius 1 is 1.47 bits per heavy atom. The van der Waals surface area contributed by atoms with Crippen LogP contribution in [0.2, 0.25) is 0 Å². The van der Waals surface area contributed by atoms with Gasteiger partial charge in [0.25, 0.3) is 5.88 Å². The van der Waals surface area contributed by atoms with E-state index in [9.17, 15) is 20.2 Å². The minimum absolute atomic E-state index is 0.450. The molecule has 1 atom stereocenters. The Balaban J connectivity index is 2.37. The Hall–Kier alpha value is -2.83. The van der Waals surface area contributed by atoms with Crippen molar-refractivity contribution < 1.29 is 24.2 Å². The van der Waals surface area contributed by atoms with Gasteiger partial charge in [-0.1, -0.05) is 5.16 Å². The summed E-state index contributed by atoms with van der Waals surface area (Å²) < 4.78 is 8.78. The maximum Gasteiger partial charge on any atom is 0.577 e. The maximum atomic E-state index is 10.8. The van der Waals surface area contributed by atoms with Crippen molar-refractivity contribution in [1.82, 2.24) is 15.8 Å². The molecule has 0 aromatic carbocycles. The highest BCUT2D eigenvalue weighted by Crippen LogP contribution is 2.20. The largest absolute Gasteiger partial charge is 0.577 e. The topological polar surface area (TPSA) is 168 Å². The fourth-order valence-corrected chi connectivity index (χ4v) is 0.968. The maximum absolute atomic E-state index is 10.8. The zero-order chi connectivity index (χ0) is 12.5. The predicted molar refractivity (Wildman–Crippen MR) is 43.3 cm³/mol. The number of nitrogens with zero attached hydrogens (tertiary/aromatic N) is 5. The van der Waals surface area contributed by atoms with Crippen LogP contribution in [0.3, 0.4) is 0 Å². The number of nitro groups is 2. The molecule has 13 heteroatoms. The minimum Gasteiger partial charge on any atom is -0.380 e. The first kappa shape index (κ1) is 10.7. The van der Waals surface area contributed by atoms with Gasteiger partial charge in [-0.2, -0.15) is 4.94 Å². The van der Waals surface area contributed by atoms with Crippen LogP contribution in [0.1, 0.15) is 0 Å². The van der Waals surface area contributed by atoms with Crippen molar-refractivity contribution in [3.05, 3.63) is 26.4 Å². The van der Waals surface area contributed by atoms with Crippen molar-refractivity contribution in [2.45, 2.75) is 5.85 Å². The fraction of sp³-hybridized carbons (Fsp3) is 0.250. The Labute approximate surface area is 90.2 Å². The average molecular weight is 246 g/mol. The monoisotopic (exact) mass is 246 g/mol. The highest BCUT2D eigenvalue weighted by atomic mass is 16.8. The van der Waals surface area contributed by atoms with E-state index in [1.54, 1.807) is 5.48 Å². The molecule has 90 valence electrons. The van der Waals surface area contributed by atoms with Gasteiger partial charge in [0.05, 0.1) is 0 Å². The van der Waals surface area contributed by atoms with E-state index >= 15 is 0 Å². The summed E-state index contributed by atoms with van der Waals surface area (Å²) in [5.74, 6) is -4.44. The van der Waals surface area contributed by atoms with Crippen molar-refractivity contribution >= 4 is 5.84 Å². The zero-order valence-corrected chi connectivity index (χ0v) is 7.67. The first-order chi connectivity index (χ1) is 8.06. The Morgan fingerprint density at radius 3 is 2.76 bits per heavy atom. The van der Waals surface area contributed by atoms with Crippen LogP contribution in [0.4, 0.5) is 0 Å². The summed E-state index contributed by atoms with van der Waals surface area (Å²) in [7, 11) is 0. The zero-order valence-electron chi connectivity index (χ0n) is 7.67. The van der Waals surface area contributed by atoms with Crippen molar-refractivity contribution in [2.24, 2.45) is 5.16 Å². The van der Waals surface area contributed by atoms with Crippen molar-refractivity contribution in [3.63, 3.8) is 0 Å². The number of rotatable bonds is 3. The van der Waals surface area contributed by atoms with Gasteiger partial charge in [-0.05, 0) is 10.1 Å². The third kappa shape index (κ3) is 1.59. The lowest BCUT2D eigenvalue weighted by molar-refractivity contribution is -0.620. The highest BCUT2D eigenvalue weighted by Gasteiger charge is 2.68. The molecule has 2 rings (SSSR count). The summed E-state index contributed by atoms with van der Waals surface area (Å²) in [5, 5.41) is 30.5. The Morgan fingerprint density at radius 2 is 2.24 bits per heavy atom. The van der Waals surface area contributed by atoms with Gasteiger partial charge in [-0.3, -0.25) is 10.1 Å². The lowest BCUT2D eigenvalue weighted by Gasteiger charge is -2.13. The van der Waals surface area contributed by atoms with Crippen LogP contribution < -0.4 is 10.2 Å². The Bertz CT molecular complexity index is 483. The highest BCUT2D eigenvalue weighted by molar-refractivity contribution is 5.81. The van der Waals surface area contributed by atoms with E-state index in [1.165, 1.54) is 0 Å². The minimum atomic E-state index is -2.80. The van der Waals surface area contributed by atoms with Crippen LogP contribution in [0.5, 0.6) is 5.88 Å². The molecule has 0 fully saturated rings. The average Bonchev–Trinajstić information content (AvgIpc) is 2.87. The molecular weight excluding hydrogens is 244 g/mol. The van der Waals surface area contributed by atoms with Crippen LogP contribution in [0, 0.1) is 20.2 Å². The summed E-state index contributed by atoms with van der Waals surface area (Å²) in [6.45, 7) is 0. The van der Waals surface area contributed by atoms with Crippen LogP contribution in [0.25, 0.3) is 0 Å². The van der Waals surface area contributed by atoms with E-state index in [4.69, 9.17) is 0 Å². The smallest absolute Gasteiger partial charge is 0.380 e. The number of hydrogen-bond donors (Lipinski definition) is 1. The number of hydrogen-bond acceptors (Lipinski definition) is 11. The second kappa shape index (κ2) is 3.63. The quantitative estimate of drug-likeness (QED) is 0.376. The molecule has 0 amide bonds. The van der Waals surface area contributed by atoms with Crippen LogP contribution in [0.15, 0.2) is 16.0 Å². The lowest BCUT2D eigenvalue weighted by Crippen LogP contribution is -2.60. The molecule has 13 nitrogen and oxygen atoms in total. The van der Waals surface area contributed by atoms with Gasteiger partial charge in [0, 0.05) is 5.48 Å². The van der Waals surface area contributed by atoms with Crippen LogP contribution in [-0.2, 0) is 4.94 Å². The lowest BCUT2D eigenvalue weighted by atomic mass is 10.4. The third-order valence-electron chi connectivity index (χ3n) is 1.64. The fourth-order valence-electron chi connectivity index (χ4n) is 0.968. The molecule has 1 aliphatic heterocycles. The second-order valence-corrected chi connectivity index (χ2v) is 2.61. The van der Waals surface area contributed by atoms with E-state index in [1.807, 2.05) is 0 Å². The molecule has 1 N–H and O–H groups in total. The number of hydroxylamine groups is 1. The number of oxime groups is 1. The van der Waals surface area contributed by atoms with Gasteiger partial charge in [0.15, 0.2) is 5.16 Å². The van der Waals surface area contributed by atoms with E-state index in [0.717, 1.165) is 6.20 Å². The summed E-state index contributed by atoms with van der Waals surface area (Å²) in [4.78, 5) is 23.2. The van der Waals surface area contributed by atoms with Crippen LogP contribution >= 0.6 is 0 Å². The predicted octanol–water partition coefficient (Wildman–Crippen LogP) is -1.50. The molecule has 1 aromatic heterocycles. The number of ether oxygens (including phenoxy) is 1. The molecule has 0 saturated heterocycles. The normalized spacial score (nSPS) is 22.7. The number of amidine groups is 1. The third-order valence-corrected chi connectivity index (χ3v) is 1.64. The molecule has 0 saturated carbocycles. The number of nitrogens with one attached hydrogen (secondary N) is 1. The van der Waals surface area contributed by atoms with E-state index < -0.39 is 27.4 Å². The van der Waals surface area contributed by atoms with Gasteiger partial charge in [0.1, 0.15) is 11.1 Å². The molecule has 1 aromatic rings. The van der Waals surface area contributed by atoms with E-state index in [0.29, 0.717) is 0 Å². The second-order valence-electron chi connectivity index (χ2n) is 2.61. The molecular formula is C4H2N6O7. The molecule has 0 aliphatic carbocycles. The summed E-state index contributed by atoms with van der Waals surface area (Å²) in [6, 6.07) is 0. The Kier molecular flexibility index (Phi) is 2.28. The van der Waals surface area contributed by atoms with Crippen molar-refractivity contribution in [1.29, 1.82) is 0 Å². The molecule has 1 unspecified atom stereocenters. The van der Waals surface area contributed by atoms with E-state index in [-0.39, 0.29) is 0 Å². The first-order valence-electron chi connectivity index (χ1n) is 3.83. The molecule has 0 spiro atoms. The molecule has 0 radical (unpaired) electrons.